The zero-order chi connectivity index (χ0) is 13.2. The van der Waals surface area contributed by atoms with E-state index < -0.39 is 0 Å². The normalized spacial score (nSPS) is 17.8. The number of aromatic nitrogens is 1. The van der Waals surface area contributed by atoms with Crippen LogP contribution in [0.15, 0.2) is 39.5 Å². The Morgan fingerprint density at radius 1 is 1.42 bits per heavy atom. The van der Waals surface area contributed by atoms with Crippen molar-refractivity contribution in [3.05, 3.63) is 52.1 Å². The molecule has 2 aromatic heterocycles. The minimum atomic E-state index is -0.147. The maximum Gasteiger partial charge on any atom is 0.270 e. The van der Waals surface area contributed by atoms with Gasteiger partial charge in [-0.1, -0.05) is 0 Å². The first kappa shape index (κ1) is 12.4. The predicted molar refractivity (Wildman–Crippen MR) is 73.8 cm³/mol. The number of hydrogen-bond acceptors (Lipinski definition) is 3. The minimum Gasteiger partial charge on any atom is -0.469 e. The van der Waals surface area contributed by atoms with Gasteiger partial charge in [0.15, 0.2) is 0 Å². The van der Waals surface area contributed by atoms with Gasteiger partial charge in [0.2, 0.25) is 0 Å². The van der Waals surface area contributed by atoms with Crippen LogP contribution in [0, 0.1) is 0 Å². The second-order valence-corrected chi connectivity index (χ2v) is 5.49. The van der Waals surface area contributed by atoms with Crippen LogP contribution in [0.5, 0.6) is 0 Å². The summed E-state index contributed by atoms with van der Waals surface area (Å²) in [5.41, 5.74) is 1.52. The molecule has 0 saturated carbocycles. The van der Waals surface area contributed by atoms with Gasteiger partial charge < -0.3 is 9.73 Å². The van der Waals surface area contributed by atoms with Gasteiger partial charge in [-0.3, -0.25) is 4.79 Å². The van der Waals surface area contributed by atoms with Gasteiger partial charge in [0.05, 0.1) is 12.3 Å². The number of pyridine rings is 1. The number of hydrogen-bond donors (Lipinski definition) is 1. The second kappa shape index (κ2) is 5.17. The van der Waals surface area contributed by atoms with Crippen LogP contribution in [0.2, 0.25) is 0 Å². The highest BCUT2D eigenvalue weighted by Crippen LogP contribution is 2.30. The Labute approximate surface area is 119 Å². The molecule has 0 fully saturated rings. The Kier molecular flexibility index (Phi) is 3.38. The van der Waals surface area contributed by atoms with E-state index in [9.17, 15) is 4.79 Å². The van der Waals surface area contributed by atoms with Crippen molar-refractivity contribution >= 4 is 21.8 Å². The van der Waals surface area contributed by atoms with E-state index in [-0.39, 0.29) is 11.9 Å². The first-order valence-corrected chi connectivity index (χ1v) is 7.02. The van der Waals surface area contributed by atoms with Crippen LogP contribution in [0.3, 0.4) is 0 Å². The minimum absolute atomic E-state index is 0.0282. The van der Waals surface area contributed by atoms with Crippen LogP contribution in [0.4, 0.5) is 0 Å². The molecule has 4 nitrogen and oxygen atoms in total. The van der Waals surface area contributed by atoms with Crippen molar-refractivity contribution in [2.75, 3.05) is 0 Å². The van der Waals surface area contributed by atoms with Crippen molar-refractivity contribution in [3.63, 3.8) is 0 Å². The molecule has 5 heteroatoms. The molecule has 19 heavy (non-hydrogen) atoms. The second-order valence-electron chi connectivity index (χ2n) is 4.58. The van der Waals surface area contributed by atoms with Crippen molar-refractivity contribution in [2.45, 2.75) is 25.3 Å². The third-order valence-corrected chi connectivity index (χ3v) is 3.79. The van der Waals surface area contributed by atoms with Gasteiger partial charge in [0, 0.05) is 22.7 Å². The van der Waals surface area contributed by atoms with E-state index in [2.05, 4.69) is 26.2 Å². The quantitative estimate of drug-likeness (QED) is 0.924. The molecule has 98 valence electrons. The molecule has 0 radical (unpaired) electrons. The van der Waals surface area contributed by atoms with Crippen molar-refractivity contribution in [1.82, 2.24) is 10.3 Å². The third-order valence-electron chi connectivity index (χ3n) is 3.32. The summed E-state index contributed by atoms with van der Waals surface area (Å²) in [6.07, 6.45) is 6.23. The van der Waals surface area contributed by atoms with Gasteiger partial charge in [0.1, 0.15) is 11.5 Å². The smallest absolute Gasteiger partial charge is 0.270 e. The standard InChI is InChI=1S/C14H13BrN2O2/c15-9-4-5-12(16-8-9)14(18)17-11-2-1-3-13-10(11)6-7-19-13/h4-8,11H,1-3H2,(H,17,18). The molecule has 2 aromatic rings. The third kappa shape index (κ3) is 2.56. The first-order chi connectivity index (χ1) is 9.24. The molecule has 1 N–H and O–H groups in total. The SMILES string of the molecule is O=C(NC1CCCc2occc21)c1ccc(Br)cn1. The average molecular weight is 321 g/mol. The van der Waals surface area contributed by atoms with E-state index >= 15 is 0 Å². The van der Waals surface area contributed by atoms with E-state index in [1.807, 2.05) is 12.1 Å². The first-order valence-electron chi connectivity index (χ1n) is 6.23. The van der Waals surface area contributed by atoms with Gasteiger partial charge in [-0.25, -0.2) is 4.98 Å². The summed E-state index contributed by atoms with van der Waals surface area (Å²) < 4.78 is 6.28. The predicted octanol–water partition coefficient (Wildman–Crippen LogP) is 3.24. The fourth-order valence-corrected chi connectivity index (χ4v) is 2.61. The molecule has 2 heterocycles. The molecule has 0 bridgehead atoms. The Balaban J connectivity index is 1.76. The lowest BCUT2D eigenvalue weighted by molar-refractivity contribution is 0.0927. The molecule has 1 amide bonds. The molecule has 1 aliphatic rings. The van der Waals surface area contributed by atoms with Crippen molar-refractivity contribution in [2.24, 2.45) is 0 Å². The zero-order valence-electron chi connectivity index (χ0n) is 10.2. The number of fused-ring (bicyclic) bond motifs is 1. The lowest BCUT2D eigenvalue weighted by Crippen LogP contribution is -2.31. The molecule has 1 aliphatic carbocycles. The van der Waals surface area contributed by atoms with Gasteiger partial charge in [-0.2, -0.15) is 0 Å². The summed E-state index contributed by atoms with van der Waals surface area (Å²) in [6.45, 7) is 0. The molecule has 0 aromatic carbocycles. The number of rotatable bonds is 2. The fraction of sp³-hybridized carbons (Fsp3) is 0.286. The highest BCUT2D eigenvalue weighted by molar-refractivity contribution is 9.10. The molecular formula is C14H13BrN2O2. The van der Waals surface area contributed by atoms with Crippen LogP contribution < -0.4 is 5.32 Å². The zero-order valence-corrected chi connectivity index (χ0v) is 11.8. The van der Waals surface area contributed by atoms with Gasteiger partial charge in [-0.15, -0.1) is 0 Å². The van der Waals surface area contributed by atoms with E-state index in [0.29, 0.717) is 5.69 Å². The Hall–Kier alpha value is -1.62. The maximum absolute atomic E-state index is 12.1. The molecule has 0 saturated heterocycles. The Bertz CT molecular complexity index is 592. The highest BCUT2D eigenvalue weighted by Gasteiger charge is 2.24. The van der Waals surface area contributed by atoms with Crippen molar-refractivity contribution in [1.29, 1.82) is 0 Å². The van der Waals surface area contributed by atoms with E-state index in [1.165, 1.54) is 0 Å². The molecular weight excluding hydrogens is 308 g/mol. The summed E-state index contributed by atoms with van der Waals surface area (Å²) in [7, 11) is 0. The number of carbonyl (C=O) groups excluding carboxylic acids is 1. The summed E-state index contributed by atoms with van der Waals surface area (Å²) in [4.78, 5) is 16.2. The Morgan fingerprint density at radius 2 is 2.32 bits per heavy atom. The monoisotopic (exact) mass is 320 g/mol. The number of nitrogens with zero attached hydrogens (tertiary/aromatic N) is 1. The van der Waals surface area contributed by atoms with E-state index in [0.717, 1.165) is 35.1 Å². The fourth-order valence-electron chi connectivity index (χ4n) is 2.38. The number of halogens is 1. The van der Waals surface area contributed by atoms with Gasteiger partial charge in [0.25, 0.3) is 5.91 Å². The molecule has 0 spiro atoms. The van der Waals surface area contributed by atoms with Crippen molar-refractivity contribution in [3.8, 4) is 0 Å². The van der Waals surface area contributed by atoms with Crippen LogP contribution >= 0.6 is 15.9 Å². The van der Waals surface area contributed by atoms with Gasteiger partial charge in [-0.05, 0) is 47.0 Å². The number of amides is 1. The van der Waals surface area contributed by atoms with E-state index in [4.69, 9.17) is 4.42 Å². The summed E-state index contributed by atoms with van der Waals surface area (Å²) in [6, 6.07) is 5.49. The van der Waals surface area contributed by atoms with Crippen LogP contribution in [0.25, 0.3) is 0 Å². The van der Waals surface area contributed by atoms with Crippen LogP contribution in [0.1, 0.15) is 40.7 Å². The van der Waals surface area contributed by atoms with E-state index in [1.54, 1.807) is 18.5 Å². The van der Waals surface area contributed by atoms with Crippen LogP contribution in [-0.2, 0) is 6.42 Å². The number of nitrogens with one attached hydrogen (secondary N) is 1. The number of furan rings is 1. The summed E-state index contributed by atoms with van der Waals surface area (Å²) in [5.74, 6) is 0.840. The summed E-state index contributed by atoms with van der Waals surface area (Å²) in [5, 5.41) is 3.02. The lowest BCUT2D eigenvalue weighted by atomic mass is 9.93. The average Bonchev–Trinajstić information content (AvgIpc) is 2.89. The van der Waals surface area contributed by atoms with Crippen LogP contribution in [-0.4, -0.2) is 10.9 Å². The molecule has 3 rings (SSSR count). The summed E-state index contributed by atoms with van der Waals surface area (Å²) >= 11 is 3.30. The Morgan fingerprint density at radius 3 is 3.11 bits per heavy atom. The lowest BCUT2D eigenvalue weighted by Gasteiger charge is -2.22. The number of carbonyl (C=O) groups is 1. The van der Waals surface area contributed by atoms with Crippen molar-refractivity contribution < 1.29 is 9.21 Å². The molecule has 1 unspecified atom stereocenters. The largest absolute Gasteiger partial charge is 0.469 e. The highest BCUT2D eigenvalue weighted by atomic mass is 79.9. The molecule has 1 atom stereocenters. The number of aryl methyl sites for hydroxylation is 1. The molecule has 0 aliphatic heterocycles. The topological polar surface area (TPSA) is 55.1 Å². The van der Waals surface area contributed by atoms with Gasteiger partial charge >= 0.3 is 0 Å². The maximum atomic E-state index is 12.1.